The second-order valence-corrected chi connectivity index (χ2v) is 5.02. The average molecular weight is 307 g/mol. The van der Waals surface area contributed by atoms with E-state index in [1.165, 1.54) is 14.2 Å². The molecule has 1 aromatic rings. The number of aryl methyl sites for hydroxylation is 1. The van der Waals surface area contributed by atoms with E-state index in [0.29, 0.717) is 13.1 Å². The van der Waals surface area contributed by atoms with Gasteiger partial charge in [0.15, 0.2) is 0 Å². The molecule has 1 saturated heterocycles. The number of likely N-dealkylation sites (tertiary alicyclic amines) is 1. The summed E-state index contributed by atoms with van der Waals surface area (Å²) in [6.45, 7) is 6.81. The molecule has 0 spiro atoms. The Kier molecular flexibility index (Phi) is 6.89. The van der Waals surface area contributed by atoms with E-state index in [9.17, 15) is 9.59 Å². The lowest BCUT2D eigenvalue weighted by Crippen LogP contribution is -2.29. The Morgan fingerprint density at radius 2 is 1.64 bits per heavy atom. The number of ether oxygens (including phenoxy) is 2. The molecule has 0 radical (unpaired) electrons. The van der Waals surface area contributed by atoms with Gasteiger partial charge in [0, 0.05) is 19.0 Å². The number of nitrogens with zero attached hydrogens (tertiary/aromatic N) is 1. The predicted molar refractivity (Wildman–Crippen MR) is 84.8 cm³/mol. The number of benzene rings is 1. The first-order chi connectivity index (χ1) is 10.6. The smallest absolute Gasteiger partial charge is 0.409 e. The molecule has 5 nitrogen and oxygen atoms in total. The van der Waals surface area contributed by atoms with E-state index in [4.69, 9.17) is 9.47 Å². The van der Waals surface area contributed by atoms with E-state index >= 15 is 0 Å². The van der Waals surface area contributed by atoms with E-state index in [2.05, 4.69) is 0 Å². The van der Waals surface area contributed by atoms with Gasteiger partial charge in [-0.1, -0.05) is 43.7 Å². The summed E-state index contributed by atoms with van der Waals surface area (Å²) in [6, 6.07) is 8.00. The molecule has 0 unspecified atom stereocenters. The molecule has 2 rings (SSSR count). The summed E-state index contributed by atoms with van der Waals surface area (Å²) in [4.78, 5) is 25.1. The Morgan fingerprint density at radius 1 is 1.05 bits per heavy atom. The third kappa shape index (κ3) is 4.00. The fourth-order valence-corrected chi connectivity index (χ4v) is 2.62. The number of carbonyl (C=O) groups excluding carboxylic acids is 2. The lowest BCUT2D eigenvalue weighted by Gasteiger charge is -2.16. The van der Waals surface area contributed by atoms with Crippen molar-refractivity contribution in [2.75, 3.05) is 27.3 Å². The van der Waals surface area contributed by atoms with Crippen LogP contribution >= 0.6 is 0 Å². The topological polar surface area (TPSA) is 55.8 Å². The molecule has 1 aliphatic heterocycles. The molecular weight excluding hydrogens is 282 g/mol. The van der Waals surface area contributed by atoms with Crippen molar-refractivity contribution in [1.29, 1.82) is 0 Å². The highest BCUT2D eigenvalue weighted by atomic mass is 16.5. The van der Waals surface area contributed by atoms with Crippen LogP contribution in [0.1, 0.15) is 30.9 Å². The summed E-state index contributed by atoms with van der Waals surface area (Å²) < 4.78 is 9.59. The number of esters is 1. The molecular formula is C17H25NO4. The number of hydrogen-bond acceptors (Lipinski definition) is 4. The minimum Gasteiger partial charge on any atom is -0.469 e. The van der Waals surface area contributed by atoms with Crippen molar-refractivity contribution in [2.45, 2.75) is 26.7 Å². The van der Waals surface area contributed by atoms with Crippen molar-refractivity contribution >= 4 is 12.1 Å². The molecule has 2 atom stereocenters. The summed E-state index contributed by atoms with van der Waals surface area (Å²) in [6.07, 6.45) is -0.409. The molecule has 0 N–H and O–H groups in total. The third-order valence-corrected chi connectivity index (χ3v) is 3.76. The first kappa shape index (κ1) is 18.0. The SMILES string of the molecule is CC.COC(=O)[C@@H]1CN(C(=O)OC)C[C@@H]1c1ccc(C)cc1. The summed E-state index contributed by atoms with van der Waals surface area (Å²) in [5.74, 6) is -0.689. The summed E-state index contributed by atoms with van der Waals surface area (Å²) in [5, 5.41) is 0. The van der Waals surface area contributed by atoms with Gasteiger partial charge < -0.3 is 14.4 Å². The van der Waals surface area contributed by atoms with Gasteiger partial charge in [0.1, 0.15) is 0 Å². The maximum Gasteiger partial charge on any atom is 0.409 e. The highest BCUT2D eigenvalue weighted by molar-refractivity contribution is 5.77. The van der Waals surface area contributed by atoms with Crippen LogP contribution in [0, 0.1) is 12.8 Å². The molecule has 22 heavy (non-hydrogen) atoms. The molecule has 1 aliphatic rings. The molecule has 1 aromatic carbocycles. The zero-order valence-electron chi connectivity index (χ0n) is 14.0. The molecule has 122 valence electrons. The molecule has 0 aliphatic carbocycles. The van der Waals surface area contributed by atoms with E-state index in [0.717, 1.165) is 11.1 Å². The van der Waals surface area contributed by atoms with E-state index in [-0.39, 0.29) is 17.8 Å². The van der Waals surface area contributed by atoms with Gasteiger partial charge in [-0.3, -0.25) is 4.79 Å². The number of carbonyl (C=O) groups is 2. The standard InChI is InChI=1S/C15H19NO4.C2H6/c1-10-4-6-11(7-5-10)12-8-16(15(18)20-3)9-13(12)14(17)19-2;1-2/h4-7,12-13H,8-9H2,1-3H3;1-2H3/t12-,13-;/m1./s1. The Balaban J connectivity index is 0.00000116. The van der Waals surface area contributed by atoms with Crippen molar-refractivity contribution < 1.29 is 19.1 Å². The lowest BCUT2D eigenvalue weighted by molar-refractivity contribution is -0.145. The summed E-state index contributed by atoms with van der Waals surface area (Å²) >= 11 is 0. The van der Waals surface area contributed by atoms with Gasteiger partial charge in [-0.05, 0) is 12.5 Å². The predicted octanol–water partition coefficient (Wildman–Crippen LogP) is 2.98. The van der Waals surface area contributed by atoms with Crippen molar-refractivity contribution in [2.24, 2.45) is 5.92 Å². The van der Waals surface area contributed by atoms with Gasteiger partial charge in [0.25, 0.3) is 0 Å². The number of hydrogen-bond donors (Lipinski definition) is 0. The van der Waals surface area contributed by atoms with E-state index in [1.807, 2.05) is 45.0 Å². The Bertz CT molecular complexity index is 498. The highest BCUT2D eigenvalue weighted by Gasteiger charge is 2.41. The first-order valence-corrected chi connectivity index (χ1v) is 7.54. The van der Waals surface area contributed by atoms with Crippen LogP contribution < -0.4 is 0 Å². The van der Waals surface area contributed by atoms with Gasteiger partial charge in [-0.25, -0.2) is 4.79 Å². The van der Waals surface area contributed by atoms with Crippen molar-refractivity contribution in [1.82, 2.24) is 4.90 Å². The van der Waals surface area contributed by atoms with Gasteiger partial charge in [0.05, 0.1) is 20.1 Å². The fraction of sp³-hybridized carbons (Fsp3) is 0.529. The minimum absolute atomic E-state index is 0.0536. The lowest BCUT2D eigenvalue weighted by atomic mass is 9.88. The molecule has 5 heteroatoms. The largest absolute Gasteiger partial charge is 0.469 e. The zero-order valence-corrected chi connectivity index (χ0v) is 14.0. The van der Waals surface area contributed by atoms with Gasteiger partial charge in [-0.15, -0.1) is 0 Å². The van der Waals surface area contributed by atoms with Crippen LogP contribution in [0.25, 0.3) is 0 Å². The molecule has 1 heterocycles. The molecule has 0 bridgehead atoms. The number of methoxy groups -OCH3 is 2. The van der Waals surface area contributed by atoms with Crippen LogP contribution in [-0.4, -0.2) is 44.3 Å². The normalized spacial score (nSPS) is 20.0. The molecule has 0 aromatic heterocycles. The van der Waals surface area contributed by atoms with Gasteiger partial charge >= 0.3 is 12.1 Å². The number of amides is 1. The Hall–Kier alpha value is -2.04. The van der Waals surface area contributed by atoms with E-state index in [1.54, 1.807) is 4.90 Å². The Labute approximate surface area is 132 Å². The maximum atomic E-state index is 11.9. The monoisotopic (exact) mass is 307 g/mol. The average Bonchev–Trinajstić information content (AvgIpc) is 3.01. The van der Waals surface area contributed by atoms with Crippen LogP contribution in [-0.2, 0) is 14.3 Å². The molecule has 0 saturated carbocycles. The van der Waals surface area contributed by atoms with Crippen molar-refractivity contribution in [3.63, 3.8) is 0 Å². The third-order valence-electron chi connectivity index (χ3n) is 3.76. The van der Waals surface area contributed by atoms with Crippen LogP contribution in [0.4, 0.5) is 4.79 Å². The number of rotatable bonds is 2. The second kappa shape index (κ2) is 8.41. The quantitative estimate of drug-likeness (QED) is 0.788. The van der Waals surface area contributed by atoms with Crippen LogP contribution in [0.5, 0.6) is 0 Å². The first-order valence-electron chi connectivity index (χ1n) is 7.54. The van der Waals surface area contributed by atoms with Crippen molar-refractivity contribution in [3.05, 3.63) is 35.4 Å². The maximum absolute atomic E-state index is 11.9. The second-order valence-electron chi connectivity index (χ2n) is 5.02. The van der Waals surface area contributed by atoms with Crippen LogP contribution in [0.15, 0.2) is 24.3 Å². The summed E-state index contributed by atoms with van der Waals surface area (Å²) in [7, 11) is 2.71. The van der Waals surface area contributed by atoms with Crippen LogP contribution in [0.2, 0.25) is 0 Å². The zero-order chi connectivity index (χ0) is 16.7. The van der Waals surface area contributed by atoms with Gasteiger partial charge in [0.2, 0.25) is 0 Å². The van der Waals surface area contributed by atoms with Gasteiger partial charge in [-0.2, -0.15) is 0 Å². The highest BCUT2D eigenvalue weighted by Crippen LogP contribution is 2.33. The minimum atomic E-state index is -0.409. The molecule has 1 fully saturated rings. The van der Waals surface area contributed by atoms with Crippen LogP contribution in [0.3, 0.4) is 0 Å². The van der Waals surface area contributed by atoms with Crippen molar-refractivity contribution in [3.8, 4) is 0 Å². The van der Waals surface area contributed by atoms with E-state index < -0.39 is 6.09 Å². The Morgan fingerprint density at radius 3 is 2.14 bits per heavy atom. The fourth-order valence-electron chi connectivity index (χ4n) is 2.62. The summed E-state index contributed by atoms with van der Waals surface area (Å²) in [5.41, 5.74) is 2.20. The molecule has 1 amide bonds.